The Labute approximate surface area is 182 Å². The number of amides is 1. The highest BCUT2D eigenvalue weighted by Gasteiger charge is 2.35. The number of anilines is 2. The molecule has 1 aliphatic rings. The summed E-state index contributed by atoms with van der Waals surface area (Å²) in [4.78, 5) is 29.6. The molecule has 1 aromatic heterocycles. The molecule has 2 N–H and O–H groups in total. The molecular formula is C22H20FN5O4. The van der Waals surface area contributed by atoms with Crippen molar-refractivity contribution in [3.63, 3.8) is 0 Å². The lowest BCUT2D eigenvalue weighted by molar-refractivity contribution is -0.113. The van der Waals surface area contributed by atoms with E-state index in [2.05, 4.69) is 20.7 Å². The number of carbonyl (C=O) groups excluding carboxylic acids is 2. The van der Waals surface area contributed by atoms with Crippen molar-refractivity contribution in [3.8, 4) is 5.75 Å². The number of methoxy groups -OCH3 is 2. The fraction of sp³-hybridized carbons (Fsp3) is 0.182. The van der Waals surface area contributed by atoms with Gasteiger partial charge in [-0.1, -0.05) is 24.3 Å². The van der Waals surface area contributed by atoms with Gasteiger partial charge in [0, 0.05) is 5.70 Å². The molecule has 2 aromatic carbocycles. The zero-order valence-corrected chi connectivity index (χ0v) is 17.5. The molecule has 1 amide bonds. The Kier molecular flexibility index (Phi) is 5.59. The van der Waals surface area contributed by atoms with E-state index in [4.69, 9.17) is 9.47 Å². The van der Waals surface area contributed by atoms with E-state index < -0.39 is 23.7 Å². The lowest BCUT2D eigenvalue weighted by Gasteiger charge is -2.28. The number of hydrogen-bond donors (Lipinski definition) is 2. The summed E-state index contributed by atoms with van der Waals surface area (Å²) in [6.07, 6.45) is 0. The second-order valence-corrected chi connectivity index (χ2v) is 6.97. The summed E-state index contributed by atoms with van der Waals surface area (Å²) in [6, 6.07) is 11.9. The maximum atomic E-state index is 13.6. The molecule has 0 unspecified atom stereocenters. The molecule has 10 heteroatoms. The number of ether oxygens (including phenoxy) is 2. The molecule has 0 saturated heterocycles. The first-order valence-electron chi connectivity index (χ1n) is 9.65. The molecule has 0 radical (unpaired) electrons. The van der Waals surface area contributed by atoms with E-state index in [1.165, 1.54) is 31.0 Å². The Balaban J connectivity index is 1.80. The van der Waals surface area contributed by atoms with Crippen LogP contribution in [0.3, 0.4) is 0 Å². The van der Waals surface area contributed by atoms with Crippen LogP contribution in [0.1, 0.15) is 29.1 Å². The molecule has 3 aromatic rings. The number of nitrogens with zero attached hydrogens (tertiary/aromatic N) is 3. The van der Waals surface area contributed by atoms with Gasteiger partial charge in [0.2, 0.25) is 5.95 Å². The number of fused-ring (bicyclic) bond motifs is 1. The first-order valence-corrected chi connectivity index (χ1v) is 9.65. The van der Waals surface area contributed by atoms with Crippen molar-refractivity contribution in [2.24, 2.45) is 0 Å². The Morgan fingerprint density at radius 2 is 1.84 bits per heavy atom. The second kappa shape index (κ2) is 8.50. The number of nitrogens with one attached hydrogen (secondary N) is 2. The summed E-state index contributed by atoms with van der Waals surface area (Å²) in [5.74, 6) is -0.973. The Morgan fingerprint density at radius 1 is 1.12 bits per heavy atom. The molecule has 0 aliphatic carbocycles. The van der Waals surface area contributed by atoms with Crippen molar-refractivity contribution < 1.29 is 23.5 Å². The molecule has 2 heterocycles. The van der Waals surface area contributed by atoms with E-state index >= 15 is 0 Å². The predicted molar refractivity (Wildman–Crippen MR) is 114 cm³/mol. The van der Waals surface area contributed by atoms with Gasteiger partial charge in [0.25, 0.3) is 11.7 Å². The largest absolute Gasteiger partial charge is 0.495 e. The average Bonchev–Trinajstić information content (AvgIpc) is 3.22. The number of rotatable bonds is 5. The SMILES string of the molecule is COC(=O)c1nc2n(n1)[C@H](c1ccc(F)cc1)C(C(=O)Nc1ccccc1OC)=C(C)N2. The molecule has 32 heavy (non-hydrogen) atoms. The fourth-order valence-corrected chi connectivity index (χ4v) is 3.51. The van der Waals surface area contributed by atoms with Crippen molar-refractivity contribution in [2.75, 3.05) is 24.9 Å². The summed E-state index contributed by atoms with van der Waals surface area (Å²) in [7, 11) is 2.73. The molecule has 0 fully saturated rings. The lowest BCUT2D eigenvalue weighted by Crippen LogP contribution is -2.31. The lowest BCUT2D eigenvalue weighted by atomic mass is 9.95. The first kappa shape index (κ1) is 21.0. The second-order valence-electron chi connectivity index (χ2n) is 6.97. The molecule has 4 rings (SSSR count). The van der Waals surface area contributed by atoms with Crippen LogP contribution in [0.25, 0.3) is 0 Å². The quantitative estimate of drug-likeness (QED) is 0.591. The topological polar surface area (TPSA) is 107 Å². The van der Waals surface area contributed by atoms with E-state index in [0.717, 1.165) is 0 Å². The van der Waals surface area contributed by atoms with Crippen LogP contribution >= 0.6 is 0 Å². The van der Waals surface area contributed by atoms with Gasteiger partial charge in [0.1, 0.15) is 17.6 Å². The summed E-state index contributed by atoms with van der Waals surface area (Å²) in [6.45, 7) is 1.71. The van der Waals surface area contributed by atoms with E-state index in [9.17, 15) is 14.0 Å². The minimum atomic E-state index is -0.771. The average molecular weight is 437 g/mol. The minimum Gasteiger partial charge on any atom is -0.495 e. The highest BCUT2D eigenvalue weighted by molar-refractivity contribution is 6.06. The Hall–Kier alpha value is -4.21. The highest BCUT2D eigenvalue weighted by atomic mass is 19.1. The third-order valence-electron chi connectivity index (χ3n) is 5.01. The highest BCUT2D eigenvalue weighted by Crippen LogP contribution is 2.36. The monoisotopic (exact) mass is 437 g/mol. The number of allylic oxidation sites excluding steroid dienone is 1. The van der Waals surface area contributed by atoms with Crippen LogP contribution in [0, 0.1) is 5.82 Å². The zero-order chi connectivity index (χ0) is 22.8. The van der Waals surface area contributed by atoms with Crippen molar-refractivity contribution in [1.82, 2.24) is 14.8 Å². The van der Waals surface area contributed by atoms with E-state index in [1.54, 1.807) is 43.3 Å². The molecule has 1 atom stereocenters. The predicted octanol–water partition coefficient (Wildman–Crippen LogP) is 3.14. The number of hydrogen-bond acceptors (Lipinski definition) is 7. The van der Waals surface area contributed by atoms with E-state index in [-0.39, 0.29) is 11.8 Å². The molecule has 9 nitrogen and oxygen atoms in total. The van der Waals surface area contributed by atoms with Crippen LogP contribution in [-0.4, -0.2) is 40.9 Å². The molecule has 0 bridgehead atoms. The minimum absolute atomic E-state index is 0.165. The smallest absolute Gasteiger partial charge is 0.378 e. The maximum absolute atomic E-state index is 13.6. The Bertz CT molecular complexity index is 1220. The van der Waals surface area contributed by atoms with Gasteiger partial charge in [-0.05, 0) is 36.8 Å². The van der Waals surface area contributed by atoms with Crippen molar-refractivity contribution in [2.45, 2.75) is 13.0 Å². The number of para-hydroxylation sites is 2. The summed E-state index contributed by atoms with van der Waals surface area (Å²) >= 11 is 0. The number of aromatic nitrogens is 3. The molecular weight excluding hydrogens is 417 g/mol. The number of halogens is 1. The Morgan fingerprint density at radius 3 is 2.53 bits per heavy atom. The summed E-state index contributed by atoms with van der Waals surface area (Å²) in [5, 5.41) is 10.1. The van der Waals surface area contributed by atoms with Gasteiger partial charge in [0.15, 0.2) is 0 Å². The number of benzene rings is 2. The van der Waals surface area contributed by atoms with Crippen LogP contribution in [0.5, 0.6) is 5.75 Å². The zero-order valence-electron chi connectivity index (χ0n) is 17.5. The number of esters is 1. The summed E-state index contributed by atoms with van der Waals surface area (Å²) in [5.41, 5.74) is 1.89. The fourth-order valence-electron chi connectivity index (χ4n) is 3.51. The maximum Gasteiger partial charge on any atom is 0.378 e. The molecule has 0 saturated carbocycles. The molecule has 1 aliphatic heterocycles. The number of carbonyl (C=O) groups is 2. The van der Waals surface area contributed by atoms with Gasteiger partial charge in [-0.3, -0.25) is 4.79 Å². The van der Waals surface area contributed by atoms with Gasteiger partial charge >= 0.3 is 5.97 Å². The van der Waals surface area contributed by atoms with Crippen LogP contribution in [-0.2, 0) is 9.53 Å². The van der Waals surface area contributed by atoms with E-state index in [1.807, 2.05) is 0 Å². The van der Waals surface area contributed by atoms with Gasteiger partial charge in [-0.25, -0.2) is 13.9 Å². The third kappa shape index (κ3) is 3.78. The third-order valence-corrected chi connectivity index (χ3v) is 5.01. The van der Waals surface area contributed by atoms with Crippen LogP contribution in [0.4, 0.5) is 16.0 Å². The molecule has 0 spiro atoms. The summed E-state index contributed by atoms with van der Waals surface area (Å²) < 4.78 is 25.0. The first-order chi connectivity index (χ1) is 15.4. The van der Waals surface area contributed by atoms with Crippen LogP contribution in [0.15, 0.2) is 59.8 Å². The van der Waals surface area contributed by atoms with Gasteiger partial charge in [-0.15, -0.1) is 5.10 Å². The van der Waals surface area contributed by atoms with Gasteiger partial charge in [0.05, 0.1) is 25.5 Å². The normalized spacial score (nSPS) is 14.9. The molecule has 164 valence electrons. The van der Waals surface area contributed by atoms with Gasteiger partial charge in [-0.2, -0.15) is 4.98 Å². The van der Waals surface area contributed by atoms with E-state index in [0.29, 0.717) is 28.3 Å². The van der Waals surface area contributed by atoms with Crippen molar-refractivity contribution >= 4 is 23.5 Å². The van der Waals surface area contributed by atoms with Crippen molar-refractivity contribution in [3.05, 3.63) is 77.0 Å². The van der Waals surface area contributed by atoms with Crippen LogP contribution < -0.4 is 15.4 Å². The van der Waals surface area contributed by atoms with Gasteiger partial charge < -0.3 is 20.1 Å². The van der Waals surface area contributed by atoms with Crippen LogP contribution in [0.2, 0.25) is 0 Å². The standard InChI is InChI=1S/C22H20FN5O4/c1-12-17(20(29)25-15-6-4-5-7-16(15)31-2)18(13-8-10-14(23)11-9-13)28-22(24-12)26-19(27-28)21(30)32-3/h4-11,18H,1-3H3,(H,25,29)(H,24,26,27)/t18-/m1/s1. The van der Waals surface area contributed by atoms with Crippen molar-refractivity contribution in [1.29, 1.82) is 0 Å².